The van der Waals surface area contributed by atoms with Crippen LogP contribution in [-0.2, 0) is 12.8 Å². The van der Waals surface area contributed by atoms with Crippen molar-refractivity contribution < 1.29 is 9.63 Å². The third kappa shape index (κ3) is 3.78. The maximum atomic E-state index is 9.24. The lowest BCUT2D eigenvalue weighted by molar-refractivity contribution is 0.181. The molecule has 1 aliphatic heterocycles. The summed E-state index contributed by atoms with van der Waals surface area (Å²) in [6.07, 6.45) is 3.39. The van der Waals surface area contributed by atoms with Crippen LogP contribution in [0.4, 0.5) is 0 Å². The molecule has 1 fully saturated rings. The van der Waals surface area contributed by atoms with Crippen molar-refractivity contribution in [2.45, 2.75) is 38.7 Å². The predicted molar refractivity (Wildman–Crippen MR) is 63.6 cm³/mol. The van der Waals surface area contributed by atoms with E-state index in [4.69, 9.17) is 4.52 Å². The normalized spacial score (nSPS) is 23.8. The molecule has 1 aromatic rings. The van der Waals surface area contributed by atoms with E-state index in [9.17, 15) is 5.11 Å². The zero-order chi connectivity index (χ0) is 12.3. The Labute approximate surface area is 102 Å². The monoisotopic (exact) mass is 239 g/mol. The summed E-state index contributed by atoms with van der Waals surface area (Å²) in [4.78, 5) is 6.67. The third-order valence-electron chi connectivity index (χ3n) is 3.17. The van der Waals surface area contributed by atoms with Gasteiger partial charge in [0.1, 0.15) is 0 Å². The molecule has 0 radical (unpaired) electrons. The number of aliphatic hydroxyl groups is 1. The molecule has 0 spiro atoms. The fourth-order valence-electron chi connectivity index (χ4n) is 2.41. The SMILES string of the molecule is CC(O)Cc1nc(CC2CCCN(C)C2)no1. The maximum Gasteiger partial charge on any atom is 0.229 e. The van der Waals surface area contributed by atoms with E-state index in [1.165, 1.54) is 19.4 Å². The van der Waals surface area contributed by atoms with Crippen molar-refractivity contribution in [3.05, 3.63) is 11.7 Å². The van der Waals surface area contributed by atoms with Crippen LogP contribution in [0.1, 0.15) is 31.5 Å². The lowest BCUT2D eigenvalue weighted by atomic mass is 9.95. The number of aliphatic hydroxyl groups excluding tert-OH is 1. The lowest BCUT2D eigenvalue weighted by Crippen LogP contribution is -2.33. The van der Waals surface area contributed by atoms with Gasteiger partial charge in [-0.05, 0) is 39.3 Å². The lowest BCUT2D eigenvalue weighted by Gasteiger charge is -2.28. The quantitative estimate of drug-likeness (QED) is 0.845. The van der Waals surface area contributed by atoms with Gasteiger partial charge in [0.25, 0.3) is 0 Å². The Morgan fingerprint density at radius 1 is 1.59 bits per heavy atom. The summed E-state index contributed by atoms with van der Waals surface area (Å²) >= 11 is 0. The Bertz CT molecular complexity index is 351. The molecule has 5 nitrogen and oxygen atoms in total. The molecule has 0 amide bonds. The summed E-state index contributed by atoms with van der Waals surface area (Å²) in [5.74, 6) is 1.95. The van der Waals surface area contributed by atoms with Gasteiger partial charge in [-0.2, -0.15) is 4.98 Å². The molecule has 96 valence electrons. The van der Waals surface area contributed by atoms with E-state index in [1.54, 1.807) is 6.92 Å². The minimum Gasteiger partial charge on any atom is -0.393 e. The van der Waals surface area contributed by atoms with Gasteiger partial charge in [-0.25, -0.2) is 0 Å². The Morgan fingerprint density at radius 2 is 2.41 bits per heavy atom. The molecular formula is C12H21N3O2. The van der Waals surface area contributed by atoms with Crippen molar-refractivity contribution in [3.63, 3.8) is 0 Å². The first kappa shape index (κ1) is 12.5. The molecule has 0 aliphatic carbocycles. The van der Waals surface area contributed by atoms with E-state index >= 15 is 0 Å². The van der Waals surface area contributed by atoms with Crippen molar-refractivity contribution in [2.75, 3.05) is 20.1 Å². The molecule has 2 heterocycles. The van der Waals surface area contributed by atoms with Crippen molar-refractivity contribution >= 4 is 0 Å². The Balaban J connectivity index is 1.87. The fourth-order valence-corrected chi connectivity index (χ4v) is 2.41. The second-order valence-corrected chi connectivity index (χ2v) is 5.13. The van der Waals surface area contributed by atoms with Gasteiger partial charge in [0.15, 0.2) is 5.82 Å². The number of nitrogens with zero attached hydrogens (tertiary/aromatic N) is 3. The summed E-state index contributed by atoms with van der Waals surface area (Å²) < 4.78 is 5.11. The summed E-state index contributed by atoms with van der Waals surface area (Å²) in [7, 11) is 2.15. The number of aromatic nitrogens is 2. The minimum atomic E-state index is -0.427. The van der Waals surface area contributed by atoms with Gasteiger partial charge in [0.05, 0.1) is 12.5 Å². The van der Waals surface area contributed by atoms with Crippen molar-refractivity contribution in [3.8, 4) is 0 Å². The second-order valence-electron chi connectivity index (χ2n) is 5.13. The van der Waals surface area contributed by atoms with E-state index in [-0.39, 0.29) is 0 Å². The van der Waals surface area contributed by atoms with Crippen molar-refractivity contribution in [1.82, 2.24) is 15.0 Å². The number of hydrogen-bond acceptors (Lipinski definition) is 5. The van der Waals surface area contributed by atoms with E-state index < -0.39 is 6.10 Å². The van der Waals surface area contributed by atoms with E-state index in [2.05, 4.69) is 22.1 Å². The van der Waals surface area contributed by atoms with Crippen LogP contribution in [0.25, 0.3) is 0 Å². The van der Waals surface area contributed by atoms with Crippen molar-refractivity contribution in [2.24, 2.45) is 5.92 Å². The highest BCUT2D eigenvalue weighted by molar-refractivity contribution is 4.90. The van der Waals surface area contributed by atoms with Gasteiger partial charge in [0, 0.05) is 13.0 Å². The molecule has 1 N–H and O–H groups in total. The zero-order valence-corrected chi connectivity index (χ0v) is 10.6. The average Bonchev–Trinajstić information content (AvgIpc) is 2.64. The largest absolute Gasteiger partial charge is 0.393 e. The number of likely N-dealkylation sites (tertiary alicyclic amines) is 1. The van der Waals surface area contributed by atoms with Gasteiger partial charge in [-0.15, -0.1) is 0 Å². The van der Waals surface area contributed by atoms with Crippen LogP contribution in [0, 0.1) is 5.92 Å². The van der Waals surface area contributed by atoms with Gasteiger partial charge in [-0.1, -0.05) is 5.16 Å². The zero-order valence-electron chi connectivity index (χ0n) is 10.6. The second kappa shape index (κ2) is 5.60. The molecule has 1 aliphatic rings. The molecule has 5 heteroatoms. The van der Waals surface area contributed by atoms with Crippen LogP contribution in [-0.4, -0.2) is 46.4 Å². The highest BCUT2D eigenvalue weighted by atomic mass is 16.5. The standard InChI is InChI=1S/C12H21N3O2/c1-9(16)6-12-13-11(14-17-12)7-10-4-3-5-15(2)8-10/h9-10,16H,3-8H2,1-2H3. The molecule has 17 heavy (non-hydrogen) atoms. The summed E-state index contributed by atoms with van der Waals surface area (Å²) in [5.41, 5.74) is 0. The Morgan fingerprint density at radius 3 is 3.12 bits per heavy atom. The molecule has 2 unspecified atom stereocenters. The van der Waals surface area contributed by atoms with Crippen LogP contribution < -0.4 is 0 Å². The maximum absolute atomic E-state index is 9.24. The van der Waals surface area contributed by atoms with Gasteiger partial charge < -0.3 is 14.5 Å². The molecule has 0 aromatic carbocycles. The smallest absolute Gasteiger partial charge is 0.229 e. The molecule has 2 rings (SSSR count). The Hall–Kier alpha value is -0.940. The number of hydrogen-bond donors (Lipinski definition) is 1. The van der Waals surface area contributed by atoms with E-state index in [0.717, 1.165) is 18.8 Å². The molecule has 1 aromatic heterocycles. The van der Waals surface area contributed by atoms with Gasteiger partial charge in [-0.3, -0.25) is 0 Å². The first-order chi connectivity index (χ1) is 8.13. The van der Waals surface area contributed by atoms with Crippen LogP contribution in [0.5, 0.6) is 0 Å². The molecule has 1 saturated heterocycles. The molecular weight excluding hydrogens is 218 g/mol. The molecule has 2 atom stereocenters. The van der Waals surface area contributed by atoms with Crippen LogP contribution in [0.3, 0.4) is 0 Å². The summed E-state index contributed by atoms with van der Waals surface area (Å²) in [5, 5.41) is 13.2. The highest BCUT2D eigenvalue weighted by Gasteiger charge is 2.20. The van der Waals surface area contributed by atoms with E-state index in [0.29, 0.717) is 18.2 Å². The van der Waals surface area contributed by atoms with Gasteiger partial charge in [0.2, 0.25) is 5.89 Å². The van der Waals surface area contributed by atoms with Crippen molar-refractivity contribution in [1.29, 1.82) is 0 Å². The topological polar surface area (TPSA) is 62.4 Å². The first-order valence-corrected chi connectivity index (χ1v) is 6.31. The summed E-state index contributed by atoms with van der Waals surface area (Å²) in [6.45, 7) is 4.02. The fraction of sp³-hybridized carbons (Fsp3) is 0.833. The average molecular weight is 239 g/mol. The predicted octanol–water partition coefficient (Wildman–Crippen LogP) is 0.877. The van der Waals surface area contributed by atoms with E-state index in [1.807, 2.05) is 0 Å². The first-order valence-electron chi connectivity index (χ1n) is 6.31. The van der Waals surface area contributed by atoms with Gasteiger partial charge >= 0.3 is 0 Å². The highest BCUT2D eigenvalue weighted by Crippen LogP contribution is 2.18. The molecule has 0 bridgehead atoms. The van der Waals surface area contributed by atoms with Crippen LogP contribution in [0.2, 0.25) is 0 Å². The number of rotatable bonds is 4. The summed E-state index contributed by atoms with van der Waals surface area (Å²) in [6, 6.07) is 0. The minimum absolute atomic E-state index is 0.427. The number of piperidine rings is 1. The van der Waals surface area contributed by atoms with Crippen LogP contribution >= 0.6 is 0 Å². The molecule has 0 saturated carbocycles. The van der Waals surface area contributed by atoms with Crippen LogP contribution in [0.15, 0.2) is 4.52 Å². The Kier molecular flexibility index (Phi) is 4.12. The third-order valence-corrected chi connectivity index (χ3v) is 3.17.